The predicted octanol–water partition coefficient (Wildman–Crippen LogP) is 4.26. The molecule has 24 heavy (non-hydrogen) atoms. The van der Waals surface area contributed by atoms with Crippen LogP contribution in [0.1, 0.15) is 26.4 Å². The largest absolute Gasteiger partial charge is 0.392 e. The van der Waals surface area contributed by atoms with E-state index in [0.717, 1.165) is 23.3 Å². The fraction of sp³-hybridized carbons (Fsp3) is 0.150. The lowest BCUT2D eigenvalue weighted by Gasteiger charge is -2.15. The molecule has 1 aromatic heterocycles. The Kier molecular flexibility index (Phi) is 3.92. The number of hydrogen-bond donors (Lipinski definition) is 2. The Morgan fingerprint density at radius 3 is 2.75 bits per heavy atom. The van der Waals surface area contributed by atoms with Crippen molar-refractivity contribution in [2.24, 2.45) is 0 Å². The first kappa shape index (κ1) is 15.1. The summed E-state index contributed by atoms with van der Waals surface area (Å²) >= 11 is 1.55. The molecule has 0 radical (unpaired) electrons. The number of hydrogen-bond acceptors (Lipinski definition) is 3. The van der Waals surface area contributed by atoms with Crippen molar-refractivity contribution in [1.29, 1.82) is 0 Å². The van der Waals surface area contributed by atoms with E-state index in [9.17, 15) is 9.90 Å². The van der Waals surface area contributed by atoms with Crippen molar-refractivity contribution in [2.75, 3.05) is 5.32 Å². The molecule has 1 aliphatic carbocycles. The van der Waals surface area contributed by atoms with E-state index in [1.165, 1.54) is 21.6 Å². The number of rotatable bonds is 3. The minimum Gasteiger partial charge on any atom is -0.392 e. The van der Waals surface area contributed by atoms with E-state index in [2.05, 4.69) is 23.5 Å². The fourth-order valence-corrected chi connectivity index (χ4v) is 4.29. The Labute approximate surface area is 144 Å². The van der Waals surface area contributed by atoms with Gasteiger partial charge in [-0.3, -0.25) is 4.79 Å². The predicted molar refractivity (Wildman–Crippen MR) is 97.5 cm³/mol. The summed E-state index contributed by atoms with van der Waals surface area (Å²) in [6, 6.07) is 17.7. The molecule has 2 aromatic carbocycles. The maximum Gasteiger partial charge on any atom is 0.265 e. The molecule has 120 valence electrons. The number of amides is 1. The Bertz CT molecular complexity index is 914. The summed E-state index contributed by atoms with van der Waals surface area (Å²) in [6.45, 7) is -0.0339. The standard InChI is InChI=1S/C20H17NO2S/c22-12-13-4-3-6-16(10-13)21-20(23)18-11-15-9-8-14-5-1-2-7-17(14)19(15)24-18/h1-7,10-11,22H,8-9,12H2,(H,21,23). The highest BCUT2D eigenvalue weighted by atomic mass is 32.1. The van der Waals surface area contributed by atoms with E-state index < -0.39 is 0 Å². The minimum atomic E-state index is -0.0954. The van der Waals surface area contributed by atoms with Crippen molar-refractivity contribution in [3.8, 4) is 10.4 Å². The van der Waals surface area contributed by atoms with Gasteiger partial charge in [-0.25, -0.2) is 0 Å². The second-order valence-corrected chi connectivity index (χ2v) is 6.99. The Hall–Kier alpha value is -2.43. The molecule has 3 aromatic rings. The third kappa shape index (κ3) is 2.75. The number of fused-ring (bicyclic) bond motifs is 3. The molecular weight excluding hydrogens is 318 g/mol. The molecule has 4 rings (SSSR count). The molecule has 0 bridgehead atoms. The van der Waals surface area contributed by atoms with Crippen molar-refractivity contribution in [1.82, 2.24) is 0 Å². The number of carbonyl (C=O) groups is 1. The number of benzene rings is 2. The zero-order valence-electron chi connectivity index (χ0n) is 13.1. The highest BCUT2D eigenvalue weighted by Crippen LogP contribution is 2.39. The van der Waals surface area contributed by atoms with Gasteiger partial charge in [-0.15, -0.1) is 11.3 Å². The molecule has 1 heterocycles. The van der Waals surface area contributed by atoms with Crippen molar-refractivity contribution in [3.05, 3.63) is 76.2 Å². The minimum absolute atomic E-state index is 0.0339. The van der Waals surface area contributed by atoms with Crippen LogP contribution >= 0.6 is 11.3 Å². The number of nitrogens with one attached hydrogen (secondary N) is 1. The number of aryl methyl sites for hydroxylation is 2. The van der Waals surface area contributed by atoms with E-state index in [-0.39, 0.29) is 12.5 Å². The molecule has 0 aliphatic heterocycles. The van der Waals surface area contributed by atoms with Gasteiger partial charge < -0.3 is 10.4 Å². The zero-order valence-corrected chi connectivity index (χ0v) is 13.9. The zero-order chi connectivity index (χ0) is 16.5. The molecule has 0 saturated heterocycles. The van der Waals surface area contributed by atoms with Crippen LogP contribution in [0.5, 0.6) is 0 Å². The number of anilines is 1. The topological polar surface area (TPSA) is 49.3 Å². The summed E-state index contributed by atoms with van der Waals surface area (Å²) in [4.78, 5) is 14.5. The second kappa shape index (κ2) is 6.23. The Morgan fingerprint density at radius 1 is 1.04 bits per heavy atom. The van der Waals surface area contributed by atoms with E-state index in [0.29, 0.717) is 5.69 Å². The van der Waals surface area contributed by atoms with Gasteiger partial charge in [-0.2, -0.15) is 0 Å². The molecule has 0 unspecified atom stereocenters. The van der Waals surface area contributed by atoms with E-state index in [1.807, 2.05) is 30.3 Å². The third-order valence-corrected chi connectivity index (χ3v) is 5.54. The lowest BCUT2D eigenvalue weighted by molar-refractivity contribution is 0.103. The average Bonchev–Trinajstić information content (AvgIpc) is 3.07. The van der Waals surface area contributed by atoms with Gasteiger partial charge in [-0.1, -0.05) is 36.4 Å². The molecule has 0 fully saturated rings. The quantitative estimate of drug-likeness (QED) is 0.751. The average molecular weight is 335 g/mol. The van der Waals surface area contributed by atoms with Crippen LogP contribution in [-0.4, -0.2) is 11.0 Å². The van der Waals surface area contributed by atoms with Crippen molar-refractivity contribution in [3.63, 3.8) is 0 Å². The van der Waals surface area contributed by atoms with Crippen LogP contribution in [-0.2, 0) is 19.4 Å². The Morgan fingerprint density at radius 2 is 1.88 bits per heavy atom. The summed E-state index contributed by atoms with van der Waals surface area (Å²) in [5.41, 5.74) is 5.36. The summed E-state index contributed by atoms with van der Waals surface area (Å²) < 4.78 is 0. The van der Waals surface area contributed by atoms with Gasteiger partial charge >= 0.3 is 0 Å². The molecular formula is C20H17NO2S. The molecule has 4 heteroatoms. The van der Waals surface area contributed by atoms with Crippen molar-refractivity contribution in [2.45, 2.75) is 19.4 Å². The summed E-state index contributed by atoms with van der Waals surface area (Å²) in [7, 11) is 0. The summed E-state index contributed by atoms with van der Waals surface area (Å²) in [5, 5.41) is 12.1. The van der Waals surface area contributed by atoms with Gasteiger partial charge in [-0.05, 0) is 53.3 Å². The summed E-state index contributed by atoms with van der Waals surface area (Å²) in [5.74, 6) is -0.0954. The smallest absolute Gasteiger partial charge is 0.265 e. The number of aliphatic hydroxyl groups excluding tert-OH is 1. The van der Waals surface area contributed by atoms with Crippen LogP contribution in [0.2, 0.25) is 0 Å². The van der Waals surface area contributed by atoms with Crippen LogP contribution in [0.25, 0.3) is 10.4 Å². The lowest BCUT2D eigenvalue weighted by atomic mass is 9.91. The van der Waals surface area contributed by atoms with Crippen molar-refractivity contribution < 1.29 is 9.90 Å². The van der Waals surface area contributed by atoms with E-state index in [4.69, 9.17) is 0 Å². The molecule has 0 atom stereocenters. The molecule has 1 amide bonds. The van der Waals surface area contributed by atoms with Gasteiger partial charge in [0, 0.05) is 10.6 Å². The van der Waals surface area contributed by atoms with Crippen molar-refractivity contribution >= 4 is 22.9 Å². The molecule has 2 N–H and O–H groups in total. The van der Waals surface area contributed by atoms with E-state index >= 15 is 0 Å². The van der Waals surface area contributed by atoms with Gasteiger partial charge in [0.25, 0.3) is 5.91 Å². The van der Waals surface area contributed by atoms with Gasteiger partial charge in [0.2, 0.25) is 0 Å². The highest BCUT2D eigenvalue weighted by Gasteiger charge is 2.21. The normalized spacial score (nSPS) is 12.4. The van der Waals surface area contributed by atoms with Crippen LogP contribution in [0.4, 0.5) is 5.69 Å². The van der Waals surface area contributed by atoms with Crippen LogP contribution in [0.15, 0.2) is 54.6 Å². The SMILES string of the molecule is O=C(Nc1cccc(CO)c1)c1cc2c(s1)-c1ccccc1CC2. The van der Waals surface area contributed by atoms with Crippen LogP contribution in [0.3, 0.4) is 0 Å². The summed E-state index contributed by atoms with van der Waals surface area (Å²) in [6.07, 6.45) is 2.01. The van der Waals surface area contributed by atoms with Gasteiger partial charge in [0.05, 0.1) is 11.5 Å². The first-order valence-electron chi connectivity index (χ1n) is 7.97. The molecule has 0 spiro atoms. The second-order valence-electron chi connectivity index (χ2n) is 5.93. The molecule has 0 saturated carbocycles. The Balaban J connectivity index is 1.62. The first-order valence-corrected chi connectivity index (χ1v) is 8.78. The maximum absolute atomic E-state index is 12.6. The van der Waals surface area contributed by atoms with Crippen LogP contribution < -0.4 is 5.32 Å². The maximum atomic E-state index is 12.6. The van der Waals surface area contributed by atoms with Gasteiger partial charge in [0.15, 0.2) is 0 Å². The monoisotopic (exact) mass is 335 g/mol. The highest BCUT2D eigenvalue weighted by molar-refractivity contribution is 7.17. The van der Waals surface area contributed by atoms with Crippen LogP contribution in [0, 0.1) is 0 Å². The first-order chi connectivity index (χ1) is 11.7. The van der Waals surface area contributed by atoms with E-state index in [1.54, 1.807) is 17.4 Å². The molecule has 1 aliphatic rings. The molecule has 3 nitrogen and oxygen atoms in total. The number of carbonyl (C=O) groups excluding carboxylic acids is 1. The van der Waals surface area contributed by atoms with Gasteiger partial charge in [0.1, 0.15) is 0 Å². The number of thiophene rings is 1. The third-order valence-electron chi connectivity index (χ3n) is 4.33. The number of aliphatic hydroxyl groups is 1. The lowest BCUT2D eigenvalue weighted by Crippen LogP contribution is -2.10. The fourth-order valence-electron chi connectivity index (χ4n) is 3.12.